The number of hydrogen-bond donors (Lipinski definition) is 3. The molecule has 8 nitrogen and oxygen atoms in total. The van der Waals surface area contributed by atoms with Crippen LogP contribution in [0.2, 0.25) is 0 Å². The Hall–Kier alpha value is -2.43. The summed E-state index contributed by atoms with van der Waals surface area (Å²) in [6.07, 6.45) is 1.50. The number of nitrogens with zero attached hydrogens (tertiary/aromatic N) is 4. The lowest BCUT2D eigenvalue weighted by molar-refractivity contribution is 0.463. The van der Waals surface area contributed by atoms with E-state index in [9.17, 15) is 0 Å². The lowest BCUT2D eigenvalue weighted by Crippen LogP contribution is -2.36. The fraction of sp³-hybridized carbons (Fsp3) is 0.333. The van der Waals surface area contributed by atoms with Crippen molar-refractivity contribution >= 4 is 29.9 Å². The van der Waals surface area contributed by atoms with Crippen LogP contribution in [0.3, 0.4) is 0 Å². The van der Waals surface area contributed by atoms with Gasteiger partial charge in [0, 0.05) is 12.1 Å². The zero-order valence-corrected chi connectivity index (χ0v) is 17.9. The van der Waals surface area contributed by atoms with Gasteiger partial charge in [0.25, 0.3) is 0 Å². The second kappa shape index (κ2) is 10.0. The minimum atomic E-state index is 0. The number of halogens is 1. The summed E-state index contributed by atoms with van der Waals surface area (Å²) in [7, 11) is 0. The van der Waals surface area contributed by atoms with E-state index in [-0.39, 0.29) is 24.0 Å². The number of H-pyrrole nitrogens is 1. The highest BCUT2D eigenvalue weighted by molar-refractivity contribution is 14.0. The van der Waals surface area contributed by atoms with E-state index in [2.05, 4.69) is 35.8 Å². The molecule has 27 heavy (non-hydrogen) atoms. The maximum absolute atomic E-state index is 5.59. The molecule has 0 radical (unpaired) electrons. The highest BCUT2D eigenvalue weighted by atomic mass is 127. The number of hydrogen-bond acceptors (Lipinski definition) is 5. The highest BCUT2D eigenvalue weighted by Crippen LogP contribution is 2.16. The van der Waals surface area contributed by atoms with Gasteiger partial charge in [-0.2, -0.15) is 5.10 Å². The molecule has 0 aliphatic carbocycles. The number of aryl methyl sites for hydroxylation is 2. The molecule has 0 aliphatic rings. The molecule has 0 atom stereocenters. The minimum Gasteiger partial charge on any atom is -0.444 e. The summed E-state index contributed by atoms with van der Waals surface area (Å²) in [5.41, 5.74) is 2.98. The molecule has 144 valence electrons. The summed E-state index contributed by atoms with van der Waals surface area (Å²) >= 11 is 0. The molecule has 2 aromatic heterocycles. The number of oxazole rings is 1. The van der Waals surface area contributed by atoms with Crippen LogP contribution in [0.15, 0.2) is 40.0 Å². The van der Waals surface area contributed by atoms with Crippen LogP contribution in [0.25, 0.3) is 11.4 Å². The SMILES string of the molecule is CCNC(=NCc1cccc(-c2ncn[nH]2)c1)NCc1nc(C)c(C)o1.I. The Kier molecular flexibility index (Phi) is 7.77. The van der Waals surface area contributed by atoms with Gasteiger partial charge in [-0.05, 0) is 32.4 Å². The Bertz CT molecular complexity index is 854. The van der Waals surface area contributed by atoms with E-state index >= 15 is 0 Å². The number of nitrogens with one attached hydrogen (secondary N) is 3. The third-order valence-corrected chi connectivity index (χ3v) is 3.86. The van der Waals surface area contributed by atoms with Crippen molar-refractivity contribution in [1.29, 1.82) is 0 Å². The largest absolute Gasteiger partial charge is 0.444 e. The first-order valence-corrected chi connectivity index (χ1v) is 8.55. The number of aromatic nitrogens is 4. The standard InChI is InChI=1S/C18H23N7O.HI/c1-4-19-18(21-10-16-24-12(2)13(3)26-16)20-9-14-6-5-7-15(8-14)17-22-11-23-25-17;/h5-8,11H,4,9-10H2,1-3H3,(H2,19,20,21)(H,22,23,25);1H. The van der Waals surface area contributed by atoms with Crippen LogP contribution >= 0.6 is 24.0 Å². The summed E-state index contributed by atoms with van der Waals surface area (Å²) < 4.78 is 5.59. The number of guanidine groups is 1. The number of aliphatic imine (C=N–C) groups is 1. The van der Waals surface area contributed by atoms with Gasteiger partial charge in [-0.15, -0.1) is 24.0 Å². The molecule has 3 rings (SSSR count). The molecule has 0 amide bonds. The first-order valence-electron chi connectivity index (χ1n) is 8.55. The Morgan fingerprint density at radius 3 is 2.78 bits per heavy atom. The van der Waals surface area contributed by atoms with Gasteiger partial charge in [0.05, 0.1) is 18.8 Å². The van der Waals surface area contributed by atoms with Crippen molar-refractivity contribution in [1.82, 2.24) is 30.8 Å². The van der Waals surface area contributed by atoms with Crippen molar-refractivity contribution in [2.45, 2.75) is 33.9 Å². The molecule has 0 saturated carbocycles. The summed E-state index contributed by atoms with van der Waals surface area (Å²) in [6.45, 7) is 7.67. The van der Waals surface area contributed by atoms with E-state index in [4.69, 9.17) is 4.42 Å². The van der Waals surface area contributed by atoms with Crippen molar-refractivity contribution in [2.24, 2.45) is 4.99 Å². The van der Waals surface area contributed by atoms with Gasteiger partial charge in [0.2, 0.25) is 5.89 Å². The minimum absolute atomic E-state index is 0. The van der Waals surface area contributed by atoms with Gasteiger partial charge in [-0.1, -0.05) is 18.2 Å². The zero-order chi connectivity index (χ0) is 18.4. The molecule has 0 fully saturated rings. The van der Waals surface area contributed by atoms with E-state index in [0.29, 0.717) is 24.9 Å². The van der Waals surface area contributed by atoms with Gasteiger partial charge >= 0.3 is 0 Å². The zero-order valence-electron chi connectivity index (χ0n) is 15.6. The second-order valence-corrected chi connectivity index (χ2v) is 5.83. The van der Waals surface area contributed by atoms with E-state index in [0.717, 1.165) is 35.0 Å². The molecule has 3 aromatic rings. The quantitative estimate of drug-likeness (QED) is 0.284. The molecule has 0 bridgehead atoms. The fourth-order valence-electron chi connectivity index (χ4n) is 2.45. The molecule has 0 spiro atoms. The normalized spacial score (nSPS) is 11.1. The van der Waals surface area contributed by atoms with Crippen molar-refractivity contribution in [2.75, 3.05) is 6.54 Å². The van der Waals surface area contributed by atoms with Gasteiger partial charge in [0.15, 0.2) is 11.8 Å². The second-order valence-electron chi connectivity index (χ2n) is 5.83. The van der Waals surface area contributed by atoms with Gasteiger partial charge < -0.3 is 15.1 Å². The van der Waals surface area contributed by atoms with Crippen LogP contribution in [0.4, 0.5) is 0 Å². The van der Waals surface area contributed by atoms with Crippen LogP contribution in [0.1, 0.15) is 29.8 Å². The first kappa shape index (κ1) is 20.9. The summed E-state index contributed by atoms with van der Waals surface area (Å²) in [5.74, 6) is 2.95. The summed E-state index contributed by atoms with van der Waals surface area (Å²) in [6, 6.07) is 8.06. The average molecular weight is 481 g/mol. The molecule has 0 unspecified atom stereocenters. The average Bonchev–Trinajstić information content (AvgIpc) is 3.28. The van der Waals surface area contributed by atoms with Crippen LogP contribution in [0, 0.1) is 13.8 Å². The van der Waals surface area contributed by atoms with Crippen LogP contribution in [0.5, 0.6) is 0 Å². The molecule has 0 aliphatic heterocycles. The fourth-order valence-corrected chi connectivity index (χ4v) is 2.45. The molecule has 0 saturated heterocycles. The van der Waals surface area contributed by atoms with Gasteiger partial charge in [-0.3, -0.25) is 5.10 Å². The Morgan fingerprint density at radius 2 is 2.11 bits per heavy atom. The van der Waals surface area contributed by atoms with Crippen molar-refractivity contribution in [3.05, 3.63) is 53.5 Å². The molecule has 9 heteroatoms. The molecule has 3 N–H and O–H groups in total. The summed E-state index contributed by atoms with van der Waals surface area (Å²) in [4.78, 5) is 13.2. The number of aromatic amines is 1. The molecular weight excluding hydrogens is 457 g/mol. The highest BCUT2D eigenvalue weighted by Gasteiger charge is 2.07. The van der Waals surface area contributed by atoms with Crippen molar-refractivity contribution < 1.29 is 4.42 Å². The van der Waals surface area contributed by atoms with Crippen LogP contribution in [-0.4, -0.2) is 32.7 Å². The van der Waals surface area contributed by atoms with E-state index < -0.39 is 0 Å². The molecule has 1 aromatic carbocycles. The van der Waals surface area contributed by atoms with Gasteiger partial charge in [0.1, 0.15) is 12.1 Å². The number of rotatable bonds is 6. The maximum Gasteiger partial charge on any atom is 0.214 e. The third kappa shape index (κ3) is 5.78. The third-order valence-electron chi connectivity index (χ3n) is 3.86. The smallest absolute Gasteiger partial charge is 0.214 e. The van der Waals surface area contributed by atoms with E-state index in [1.807, 2.05) is 45.0 Å². The van der Waals surface area contributed by atoms with Crippen molar-refractivity contribution in [3.8, 4) is 11.4 Å². The summed E-state index contributed by atoms with van der Waals surface area (Å²) in [5, 5.41) is 13.2. The van der Waals surface area contributed by atoms with Crippen LogP contribution in [-0.2, 0) is 13.1 Å². The Labute approximate surface area is 175 Å². The first-order chi connectivity index (χ1) is 12.7. The van der Waals surface area contributed by atoms with Gasteiger partial charge in [-0.25, -0.2) is 15.0 Å². The number of benzene rings is 1. The predicted molar refractivity (Wildman–Crippen MR) is 115 cm³/mol. The predicted octanol–water partition coefficient (Wildman–Crippen LogP) is 2.95. The maximum atomic E-state index is 5.59. The van der Waals surface area contributed by atoms with E-state index in [1.54, 1.807) is 0 Å². The Morgan fingerprint density at radius 1 is 1.26 bits per heavy atom. The van der Waals surface area contributed by atoms with Crippen molar-refractivity contribution in [3.63, 3.8) is 0 Å². The lowest BCUT2D eigenvalue weighted by Gasteiger charge is -2.10. The molecule has 2 heterocycles. The molecular formula is C18H24IN7O. The lowest BCUT2D eigenvalue weighted by atomic mass is 10.1. The van der Waals surface area contributed by atoms with Crippen LogP contribution < -0.4 is 10.6 Å². The topological polar surface area (TPSA) is 104 Å². The Balaban J connectivity index is 0.00000261. The monoisotopic (exact) mass is 481 g/mol. The van der Waals surface area contributed by atoms with E-state index in [1.165, 1.54) is 6.33 Å².